The number of carbonyl (C=O) groups excluding carboxylic acids is 1. The molecule has 0 bridgehead atoms. The molecule has 0 aliphatic rings. The van der Waals surface area contributed by atoms with E-state index in [2.05, 4.69) is 15.7 Å². The van der Waals surface area contributed by atoms with E-state index in [0.29, 0.717) is 23.9 Å². The summed E-state index contributed by atoms with van der Waals surface area (Å²) >= 11 is 5.24. The maximum Gasteiger partial charge on any atom is 0.271 e. The van der Waals surface area contributed by atoms with Crippen molar-refractivity contribution < 1.29 is 4.79 Å². The van der Waals surface area contributed by atoms with Gasteiger partial charge < -0.3 is 16.4 Å². The first-order valence-corrected chi connectivity index (χ1v) is 7.38. The van der Waals surface area contributed by atoms with Crippen molar-refractivity contribution in [2.75, 3.05) is 5.32 Å². The highest BCUT2D eigenvalue weighted by Gasteiger charge is 2.14. The van der Waals surface area contributed by atoms with Crippen LogP contribution < -0.4 is 16.4 Å². The van der Waals surface area contributed by atoms with Crippen molar-refractivity contribution in [1.82, 2.24) is 15.1 Å². The van der Waals surface area contributed by atoms with Crippen LogP contribution in [0.25, 0.3) is 0 Å². The zero-order valence-corrected chi connectivity index (χ0v) is 13.4. The Morgan fingerprint density at radius 1 is 1.36 bits per heavy atom. The largest absolute Gasteiger partial charge is 0.364 e. The lowest BCUT2D eigenvalue weighted by Crippen LogP contribution is -2.28. The molecule has 116 valence electrons. The Balaban J connectivity index is 1.98. The average molecular weight is 317 g/mol. The summed E-state index contributed by atoms with van der Waals surface area (Å²) in [5.41, 5.74) is 8.34. The van der Waals surface area contributed by atoms with Crippen LogP contribution in [-0.4, -0.2) is 20.8 Å². The van der Waals surface area contributed by atoms with Crippen molar-refractivity contribution in [3.05, 3.63) is 47.3 Å². The van der Waals surface area contributed by atoms with Crippen LogP contribution in [-0.2, 0) is 13.1 Å². The molecular formula is C15H19N5OS. The highest BCUT2D eigenvalue weighted by molar-refractivity contribution is 7.80. The van der Waals surface area contributed by atoms with Gasteiger partial charge in [-0.2, -0.15) is 5.10 Å². The predicted octanol–water partition coefficient (Wildman–Crippen LogP) is 1.80. The number of carbonyl (C=O) groups is 1. The normalized spacial score (nSPS) is 10.3. The van der Waals surface area contributed by atoms with Crippen LogP contribution in [0.3, 0.4) is 0 Å². The standard InChI is InChI=1S/C15H19N5OS/c1-3-20-9-12(13(19-20)14(16)21)18-15(22)17-8-11-6-4-10(2)5-7-11/h4-7,9H,3,8H2,1-2H3,(H2,16,21)(H2,17,18,22). The number of nitrogens with zero attached hydrogens (tertiary/aromatic N) is 2. The Morgan fingerprint density at radius 3 is 2.64 bits per heavy atom. The van der Waals surface area contributed by atoms with Gasteiger partial charge in [-0.3, -0.25) is 9.48 Å². The van der Waals surface area contributed by atoms with E-state index in [9.17, 15) is 4.79 Å². The van der Waals surface area contributed by atoms with E-state index in [1.54, 1.807) is 10.9 Å². The molecule has 4 N–H and O–H groups in total. The number of amides is 1. The number of rotatable bonds is 5. The van der Waals surface area contributed by atoms with Gasteiger partial charge in [0.25, 0.3) is 5.91 Å². The second-order valence-corrected chi connectivity index (χ2v) is 5.31. The molecule has 0 spiro atoms. The summed E-state index contributed by atoms with van der Waals surface area (Å²) in [5, 5.41) is 10.6. The van der Waals surface area contributed by atoms with Crippen LogP contribution in [0.2, 0.25) is 0 Å². The summed E-state index contributed by atoms with van der Waals surface area (Å²) < 4.78 is 1.63. The number of nitrogens with two attached hydrogens (primary N) is 1. The summed E-state index contributed by atoms with van der Waals surface area (Å²) in [5.74, 6) is -0.587. The van der Waals surface area contributed by atoms with Crippen LogP contribution >= 0.6 is 12.2 Å². The lowest BCUT2D eigenvalue weighted by molar-refractivity contribution is 0.0995. The van der Waals surface area contributed by atoms with Crippen molar-refractivity contribution in [2.45, 2.75) is 26.9 Å². The van der Waals surface area contributed by atoms with Gasteiger partial charge >= 0.3 is 0 Å². The summed E-state index contributed by atoms with van der Waals surface area (Å²) in [4.78, 5) is 11.4. The van der Waals surface area contributed by atoms with Gasteiger partial charge in [-0.15, -0.1) is 0 Å². The Labute approximate surface area is 134 Å². The van der Waals surface area contributed by atoms with Crippen LogP contribution in [0.1, 0.15) is 28.5 Å². The van der Waals surface area contributed by atoms with Gasteiger partial charge in [0, 0.05) is 19.3 Å². The van der Waals surface area contributed by atoms with Gasteiger partial charge in [0.2, 0.25) is 0 Å². The SMILES string of the molecule is CCn1cc(NC(=S)NCc2ccc(C)cc2)c(C(N)=O)n1. The minimum absolute atomic E-state index is 0.182. The van der Waals surface area contributed by atoms with Gasteiger partial charge in [-0.05, 0) is 31.6 Å². The van der Waals surface area contributed by atoms with Crippen LogP contribution in [0.5, 0.6) is 0 Å². The molecule has 2 rings (SSSR count). The lowest BCUT2D eigenvalue weighted by Gasteiger charge is -2.10. The molecule has 0 atom stereocenters. The van der Waals surface area contributed by atoms with Gasteiger partial charge in [-0.25, -0.2) is 0 Å². The monoisotopic (exact) mass is 317 g/mol. The van der Waals surface area contributed by atoms with Gasteiger partial charge in [0.15, 0.2) is 10.8 Å². The maximum atomic E-state index is 11.4. The number of benzene rings is 1. The van der Waals surface area contributed by atoms with E-state index in [1.807, 2.05) is 38.1 Å². The second kappa shape index (κ2) is 7.04. The topological polar surface area (TPSA) is 85.0 Å². The first-order valence-electron chi connectivity index (χ1n) is 6.97. The molecule has 1 amide bonds. The van der Waals surface area contributed by atoms with Crippen molar-refractivity contribution in [3.63, 3.8) is 0 Å². The number of primary amides is 1. The average Bonchev–Trinajstić information content (AvgIpc) is 2.90. The molecular weight excluding hydrogens is 298 g/mol. The molecule has 0 aliphatic heterocycles. The van der Waals surface area contributed by atoms with E-state index in [-0.39, 0.29) is 5.69 Å². The smallest absolute Gasteiger partial charge is 0.271 e. The summed E-state index contributed by atoms with van der Waals surface area (Å²) in [6.07, 6.45) is 1.71. The number of aryl methyl sites for hydroxylation is 2. The number of anilines is 1. The molecule has 7 heteroatoms. The molecule has 1 aromatic carbocycles. The van der Waals surface area contributed by atoms with Crippen molar-refractivity contribution in [2.24, 2.45) is 5.73 Å². The van der Waals surface area contributed by atoms with E-state index in [1.165, 1.54) is 5.56 Å². The number of hydrogen-bond acceptors (Lipinski definition) is 3. The summed E-state index contributed by atoms with van der Waals surface area (Å²) in [6.45, 7) is 5.21. The first kappa shape index (κ1) is 16.0. The van der Waals surface area contributed by atoms with Crippen LogP contribution in [0.15, 0.2) is 30.5 Å². The van der Waals surface area contributed by atoms with E-state index < -0.39 is 5.91 Å². The fourth-order valence-electron chi connectivity index (χ4n) is 1.91. The Morgan fingerprint density at radius 2 is 2.05 bits per heavy atom. The first-order chi connectivity index (χ1) is 10.5. The molecule has 0 radical (unpaired) electrons. The van der Waals surface area contributed by atoms with Gasteiger partial charge in [0.1, 0.15) is 0 Å². The number of nitrogens with one attached hydrogen (secondary N) is 2. The fourth-order valence-corrected chi connectivity index (χ4v) is 2.09. The molecule has 0 saturated heterocycles. The lowest BCUT2D eigenvalue weighted by atomic mass is 10.1. The molecule has 0 unspecified atom stereocenters. The van der Waals surface area contributed by atoms with Crippen molar-refractivity contribution >= 4 is 28.9 Å². The third-order valence-electron chi connectivity index (χ3n) is 3.14. The maximum absolute atomic E-state index is 11.4. The molecule has 0 fully saturated rings. The molecule has 22 heavy (non-hydrogen) atoms. The Kier molecular flexibility index (Phi) is 5.11. The zero-order valence-electron chi connectivity index (χ0n) is 12.6. The van der Waals surface area contributed by atoms with Gasteiger partial charge in [-0.1, -0.05) is 29.8 Å². The van der Waals surface area contributed by atoms with Crippen LogP contribution in [0, 0.1) is 6.92 Å². The molecule has 6 nitrogen and oxygen atoms in total. The third-order valence-corrected chi connectivity index (χ3v) is 3.39. The van der Waals surface area contributed by atoms with E-state index >= 15 is 0 Å². The zero-order chi connectivity index (χ0) is 16.1. The number of aromatic nitrogens is 2. The second-order valence-electron chi connectivity index (χ2n) is 4.90. The van der Waals surface area contributed by atoms with Gasteiger partial charge in [0.05, 0.1) is 5.69 Å². The van der Waals surface area contributed by atoms with Crippen molar-refractivity contribution in [1.29, 1.82) is 0 Å². The quantitative estimate of drug-likeness (QED) is 0.732. The highest BCUT2D eigenvalue weighted by atomic mass is 32.1. The number of thiocarbonyl (C=S) groups is 1. The predicted molar refractivity (Wildman–Crippen MR) is 90.7 cm³/mol. The molecule has 0 saturated carbocycles. The Bertz CT molecular complexity index is 678. The molecule has 1 heterocycles. The number of hydrogen-bond donors (Lipinski definition) is 3. The molecule has 0 aliphatic carbocycles. The molecule has 2 aromatic rings. The van der Waals surface area contributed by atoms with E-state index in [4.69, 9.17) is 18.0 Å². The summed E-state index contributed by atoms with van der Waals surface area (Å²) in [7, 11) is 0. The summed E-state index contributed by atoms with van der Waals surface area (Å²) in [6, 6.07) is 8.16. The fraction of sp³-hybridized carbons (Fsp3) is 0.267. The third kappa shape index (κ3) is 4.05. The minimum atomic E-state index is -0.587. The molecule has 1 aromatic heterocycles. The van der Waals surface area contributed by atoms with Crippen LogP contribution in [0.4, 0.5) is 5.69 Å². The van der Waals surface area contributed by atoms with Crippen molar-refractivity contribution in [3.8, 4) is 0 Å². The highest BCUT2D eigenvalue weighted by Crippen LogP contribution is 2.13. The Hall–Kier alpha value is -2.41. The minimum Gasteiger partial charge on any atom is -0.364 e. The van der Waals surface area contributed by atoms with E-state index in [0.717, 1.165) is 5.56 Å².